The van der Waals surface area contributed by atoms with Crippen LogP contribution in [0.4, 0.5) is 0 Å². The summed E-state index contributed by atoms with van der Waals surface area (Å²) in [7, 11) is 0. The van der Waals surface area contributed by atoms with Gasteiger partial charge in [-0.1, -0.05) is 61.2 Å². The van der Waals surface area contributed by atoms with E-state index in [1.807, 2.05) is 12.1 Å². The number of carbonyl (C=O) groups excluding carboxylic acids is 2. The molecule has 4 heterocycles. The minimum Gasteiger partial charge on any atom is -0.669 e. The predicted molar refractivity (Wildman–Crippen MR) is 199 cm³/mol. The van der Waals surface area contributed by atoms with Gasteiger partial charge in [0.25, 0.3) is 11.8 Å². The molecule has 0 bridgehead atoms. The van der Waals surface area contributed by atoms with Crippen LogP contribution in [-0.4, -0.2) is 116 Å². The second-order valence-corrected chi connectivity index (χ2v) is 14.1. The number of ether oxygens (including phenoxy) is 2. The maximum absolute atomic E-state index is 12.4. The first kappa shape index (κ1) is 45.0. The van der Waals surface area contributed by atoms with E-state index < -0.39 is 25.4 Å². The molecule has 2 saturated heterocycles. The van der Waals surface area contributed by atoms with Crippen molar-refractivity contribution in [2.24, 2.45) is 0 Å². The summed E-state index contributed by atoms with van der Waals surface area (Å²) < 4.78 is 21.9. The molecule has 0 saturated carbocycles. The Hall–Kier alpha value is -4.07. The molecule has 0 aliphatic carbocycles. The molecule has 2 amide bonds. The van der Waals surface area contributed by atoms with Gasteiger partial charge in [0.2, 0.25) is 0 Å². The van der Waals surface area contributed by atoms with Gasteiger partial charge >= 0.3 is 84.6 Å². The number of amides is 2. The Morgan fingerprint density at radius 1 is 0.552 bits per heavy atom. The number of carbonyl (C=O) groups is 4. The molecule has 4 aliphatic rings. The third kappa shape index (κ3) is 10.0. The fraction of sp³-hybridized carbons (Fsp3) is 0.263. The van der Waals surface area contributed by atoms with Gasteiger partial charge in [-0.3, -0.25) is 9.59 Å². The van der Waals surface area contributed by atoms with Crippen molar-refractivity contribution in [3.05, 3.63) is 118 Å². The monoisotopic (exact) mass is 814 g/mol. The fourth-order valence-electron chi connectivity index (χ4n) is 6.91. The van der Waals surface area contributed by atoms with Crippen LogP contribution in [0.25, 0.3) is 0 Å². The minimum atomic E-state index is -3.09. The zero-order valence-corrected chi connectivity index (χ0v) is 35.9. The van der Waals surface area contributed by atoms with Gasteiger partial charge < -0.3 is 58.9 Å². The summed E-state index contributed by atoms with van der Waals surface area (Å²) in [6, 6.07) is 24.2. The summed E-state index contributed by atoms with van der Waals surface area (Å²) in [4.78, 5) is 51.5. The van der Waals surface area contributed by atoms with E-state index in [-0.39, 0.29) is 130 Å². The summed E-state index contributed by atoms with van der Waals surface area (Å²) in [6.07, 6.45) is -0.106. The second kappa shape index (κ2) is 18.5. The van der Waals surface area contributed by atoms with Gasteiger partial charge in [0.15, 0.2) is 0 Å². The van der Waals surface area contributed by atoms with E-state index in [1.54, 1.807) is 82.6 Å². The van der Waals surface area contributed by atoms with Crippen LogP contribution in [-0.2, 0) is 12.8 Å². The fourth-order valence-corrected chi connectivity index (χ4v) is 6.91. The van der Waals surface area contributed by atoms with Gasteiger partial charge in [-0.25, -0.2) is 9.59 Å². The quantitative estimate of drug-likeness (QED) is 0.0942. The molecule has 16 nitrogen and oxygen atoms in total. The van der Waals surface area contributed by atoms with Crippen LogP contribution >= 0.6 is 0 Å². The Balaban J connectivity index is 0.000000214. The number of carboxylic acid groups (broad SMARTS) is 2. The molecular weight excluding hydrogens is 776 g/mol. The number of fused-ring (bicyclic) bond motifs is 2. The number of likely N-dealkylation sites (tertiary alicyclic amines) is 2. The number of aromatic carboxylic acids is 2. The van der Waals surface area contributed by atoms with E-state index in [0.29, 0.717) is 61.3 Å². The maximum atomic E-state index is 12.4. The van der Waals surface area contributed by atoms with Crippen molar-refractivity contribution in [2.75, 3.05) is 26.2 Å². The van der Waals surface area contributed by atoms with Crippen LogP contribution in [0.3, 0.4) is 0 Å². The molecule has 4 aromatic carbocycles. The van der Waals surface area contributed by atoms with Crippen LogP contribution in [0.2, 0.25) is 12.6 Å². The first-order valence-corrected chi connectivity index (χ1v) is 18.1. The largest absolute Gasteiger partial charge is 1.00 e. The van der Waals surface area contributed by atoms with Crippen LogP contribution < -0.4 is 77.9 Å². The van der Waals surface area contributed by atoms with Crippen molar-refractivity contribution >= 4 is 37.3 Å². The van der Waals surface area contributed by atoms with E-state index in [4.69, 9.17) is 18.8 Å². The van der Waals surface area contributed by atoms with Crippen molar-refractivity contribution in [1.29, 1.82) is 0 Å². The molecule has 2 fully saturated rings. The maximum Gasteiger partial charge on any atom is 1.00 e. The van der Waals surface area contributed by atoms with E-state index in [0.717, 1.165) is 0 Å². The van der Waals surface area contributed by atoms with Crippen molar-refractivity contribution < 1.29 is 127 Å². The normalized spacial score (nSPS) is 17.2. The number of carboxylic acids is 2. The first-order valence-electron chi connectivity index (χ1n) is 18.1. The Bertz CT molecular complexity index is 2020. The van der Waals surface area contributed by atoms with Crippen molar-refractivity contribution in [3.8, 4) is 23.0 Å². The average Bonchev–Trinajstić information content (AvgIpc) is 3.13. The van der Waals surface area contributed by atoms with Crippen LogP contribution in [0.1, 0.15) is 52.6 Å². The molecular formula is C38H38B2N2Na2O14. The number of nitrogens with zero attached hydrogens (tertiary/aromatic N) is 2. The molecule has 58 heavy (non-hydrogen) atoms. The summed E-state index contributed by atoms with van der Waals surface area (Å²) in [5, 5.41) is 58.3. The van der Waals surface area contributed by atoms with Gasteiger partial charge in [0.05, 0.1) is 37.7 Å². The predicted octanol–water partition coefficient (Wildman–Crippen LogP) is -3.70. The molecule has 292 valence electrons. The van der Waals surface area contributed by atoms with E-state index >= 15 is 0 Å². The Morgan fingerprint density at radius 3 is 1.22 bits per heavy atom. The molecule has 20 heteroatoms. The van der Waals surface area contributed by atoms with E-state index in [1.165, 1.54) is 0 Å². The summed E-state index contributed by atoms with van der Waals surface area (Å²) in [6.45, 7) is -4.85. The molecule has 4 aliphatic heterocycles. The Morgan fingerprint density at radius 2 is 0.897 bits per heavy atom. The van der Waals surface area contributed by atoms with Gasteiger partial charge in [0.1, 0.15) is 34.8 Å². The van der Waals surface area contributed by atoms with E-state index in [9.17, 15) is 49.5 Å². The number of benzene rings is 4. The smallest absolute Gasteiger partial charge is 0.669 e. The van der Waals surface area contributed by atoms with Crippen LogP contribution in [0.5, 0.6) is 23.0 Å². The number of hydrogen-bond donors (Lipinski definition) is 6. The third-order valence-corrected chi connectivity index (χ3v) is 9.92. The summed E-state index contributed by atoms with van der Waals surface area (Å²) >= 11 is 0. The molecule has 0 aromatic heterocycles. The zero-order valence-electron chi connectivity index (χ0n) is 31.9. The Kier molecular flexibility index (Phi) is 14.3. The van der Waals surface area contributed by atoms with E-state index in [2.05, 4.69) is 0 Å². The van der Waals surface area contributed by atoms with Gasteiger partial charge in [0, 0.05) is 11.1 Å². The van der Waals surface area contributed by atoms with Crippen molar-refractivity contribution in [2.45, 2.75) is 37.7 Å². The molecule has 0 unspecified atom stereocenters. The van der Waals surface area contributed by atoms with Crippen molar-refractivity contribution in [1.82, 2.24) is 9.80 Å². The van der Waals surface area contributed by atoms with Crippen LogP contribution in [0.15, 0.2) is 84.9 Å². The average molecular weight is 814 g/mol. The molecule has 0 radical (unpaired) electrons. The van der Waals surface area contributed by atoms with Crippen molar-refractivity contribution in [3.63, 3.8) is 0 Å². The number of aryl methyl sites for hydroxylation is 2. The van der Waals surface area contributed by atoms with Gasteiger partial charge in [-0.15, -0.1) is 0 Å². The molecule has 0 atom stereocenters. The van der Waals surface area contributed by atoms with Gasteiger partial charge in [-0.05, 0) is 60.4 Å². The van der Waals surface area contributed by atoms with Gasteiger partial charge in [-0.2, -0.15) is 0 Å². The second-order valence-electron chi connectivity index (χ2n) is 14.1. The van der Waals surface area contributed by atoms with Crippen LogP contribution in [0, 0.1) is 0 Å². The molecule has 6 N–H and O–H groups in total. The standard InChI is InChI=1S/2C19H19BNO7.2Na/c2*22-18(13-4-2-1-3-5-13)21-10-14(11-21)27-15-7-6-12-8-9-20(25,26)28-17(12)16(15)19(23)24;;/h2*1-7,14,25-26H,8-11H2,(H,23,24);;/q2*-1;2*+1. The summed E-state index contributed by atoms with van der Waals surface area (Å²) in [5.41, 5.74) is 1.86. The first-order chi connectivity index (χ1) is 26.7. The minimum absolute atomic E-state index is 0. The molecule has 4 aromatic rings. The number of rotatable bonds is 8. The SMILES string of the molecule is O=C(O)c1c(OC2CN(C(=O)c3ccccc3)C2)ccc2c1O[B-](O)(O)CC2.O=C(O)c1c(OC2CN(C(=O)c3ccccc3)C2)ccc2c1O[B-](O)(O)CC2.[Na+].[Na+]. The zero-order chi connectivity index (χ0) is 39.8. The topological polar surface area (TPSA) is 233 Å². The Labute approximate surface area is 376 Å². The molecule has 8 rings (SSSR count). The number of hydrogen-bond acceptors (Lipinski definition) is 12. The summed E-state index contributed by atoms with van der Waals surface area (Å²) in [5.74, 6) is -2.76. The molecule has 0 spiro atoms. The third-order valence-electron chi connectivity index (χ3n) is 9.92.